The van der Waals surface area contributed by atoms with E-state index >= 15 is 0 Å². The molecule has 0 bridgehead atoms. The first kappa shape index (κ1) is 27.1. The highest BCUT2D eigenvalue weighted by Crippen LogP contribution is 2.24. The third kappa shape index (κ3) is 9.46. The largest absolute Gasteiger partial charge is 0.459 e. The van der Waals surface area contributed by atoms with Crippen LogP contribution in [0.25, 0.3) is 0 Å². The molecule has 0 amide bonds. The zero-order valence-corrected chi connectivity index (χ0v) is 19.0. The van der Waals surface area contributed by atoms with E-state index in [-0.39, 0.29) is 12.8 Å². The molecule has 11 heteroatoms. The van der Waals surface area contributed by atoms with E-state index in [4.69, 9.17) is 28.4 Å². The molecule has 1 aliphatic heterocycles. The SMILES string of the molecule is CO[C@H]1CC(=O)O[C@@H](/C=C\[C@H](C[C@@H](OC(C)=O)[C@H](C)OC(C)=O)OC(C)=O)[C@H]1OC(C)=O. The zero-order valence-electron chi connectivity index (χ0n) is 19.0. The molecule has 32 heavy (non-hydrogen) atoms. The third-order valence-electron chi connectivity index (χ3n) is 4.42. The summed E-state index contributed by atoms with van der Waals surface area (Å²) in [7, 11) is 1.38. The van der Waals surface area contributed by atoms with Crippen molar-refractivity contribution >= 4 is 29.8 Å². The maximum absolute atomic E-state index is 11.9. The summed E-state index contributed by atoms with van der Waals surface area (Å²) < 4.78 is 31.4. The smallest absolute Gasteiger partial charge is 0.309 e. The van der Waals surface area contributed by atoms with Crippen LogP contribution in [-0.4, -0.2) is 73.6 Å². The third-order valence-corrected chi connectivity index (χ3v) is 4.42. The van der Waals surface area contributed by atoms with Crippen LogP contribution in [-0.2, 0) is 52.4 Å². The van der Waals surface area contributed by atoms with Gasteiger partial charge < -0.3 is 28.4 Å². The second-order valence-corrected chi connectivity index (χ2v) is 7.24. The van der Waals surface area contributed by atoms with Crippen LogP contribution in [0.2, 0.25) is 0 Å². The number of rotatable bonds is 10. The molecule has 0 aromatic carbocycles. The first-order valence-corrected chi connectivity index (χ1v) is 10.0. The van der Waals surface area contributed by atoms with E-state index in [1.165, 1.54) is 53.9 Å². The summed E-state index contributed by atoms with van der Waals surface area (Å²) in [6, 6.07) is 0. The van der Waals surface area contributed by atoms with Crippen molar-refractivity contribution in [2.75, 3.05) is 7.11 Å². The van der Waals surface area contributed by atoms with Gasteiger partial charge in [-0.25, -0.2) is 0 Å². The van der Waals surface area contributed by atoms with Crippen LogP contribution < -0.4 is 0 Å². The molecule has 1 saturated heterocycles. The van der Waals surface area contributed by atoms with Gasteiger partial charge >= 0.3 is 29.8 Å². The van der Waals surface area contributed by atoms with Gasteiger partial charge in [-0.2, -0.15) is 0 Å². The first-order chi connectivity index (χ1) is 14.9. The zero-order chi connectivity index (χ0) is 24.4. The lowest BCUT2D eigenvalue weighted by Crippen LogP contribution is -2.49. The Hall–Kier alpha value is -2.95. The van der Waals surface area contributed by atoms with E-state index < -0.39 is 66.5 Å². The Kier molecular flexibility index (Phi) is 10.8. The van der Waals surface area contributed by atoms with Gasteiger partial charge in [-0.1, -0.05) is 0 Å². The highest BCUT2D eigenvalue weighted by molar-refractivity contribution is 5.72. The molecular weight excluding hydrogens is 428 g/mol. The molecule has 0 aromatic rings. The standard InChI is InChI=1S/C21H30O11/c1-11(28-12(2)22)18(30-14(4)24)9-16(29-13(3)23)7-8-17-21(31-15(5)25)19(27-6)10-20(26)32-17/h7-8,11,16-19,21H,9-10H2,1-6H3/b8-7-/t11-,16+,17-,18+,19-,21+/m0/s1. The van der Waals surface area contributed by atoms with Crippen molar-refractivity contribution in [3.63, 3.8) is 0 Å². The van der Waals surface area contributed by atoms with Crippen LogP contribution in [0, 0.1) is 0 Å². The van der Waals surface area contributed by atoms with Crippen molar-refractivity contribution in [3.05, 3.63) is 12.2 Å². The van der Waals surface area contributed by atoms with Crippen LogP contribution in [0.3, 0.4) is 0 Å². The maximum Gasteiger partial charge on any atom is 0.309 e. The van der Waals surface area contributed by atoms with Crippen molar-refractivity contribution in [2.45, 2.75) is 84.1 Å². The monoisotopic (exact) mass is 458 g/mol. The molecule has 6 atom stereocenters. The molecule has 0 unspecified atom stereocenters. The van der Waals surface area contributed by atoms with Gasteiger partial charge in [-0.3, -0.25) is 24.0 Å². The molecule has 0 spiro atoms. The summed E-state index contributed by atoms with van der Waals surface area (Å²) in [6.45, 7) is 6.35. The van der Waals surface area contributed by atoms with Crippen LogP contribution in [0.5, 0.6) is 0 Å². The molecule has 180 valence electrons. The lowest BCUT2D eigenvalue weighted by molar-refractivity contribution is -0.189. The molecular formula is C21H30O11. The topological polar surface area (TPSA) is 141 Å². The number of hydrogen-bond acceptors (Lipinski definition) is 11. The Morgan fingerprint density at radius 3 is 2.09 bits per heavy atom. The summed E-state index contributed by atoms with van der Waals surface area (Å²) in [5.74, 6) is -2.94. The molecule has 0 radical (unpaired) electrons. The highest BCUT2D eigenvalue weighted by atomic mass is 16.6. The quantitative estimate of drug-likeness (QED) is 0.263. The normalized spacial score (nSPS) is 23.4. The number of carbonyl (C=O) groups excluding carboxylic acids is 5. The van der Waals surface area contributed by atoms with Gasteiger partial charge in [0.15, 0.2) is 12.2 Å². The molecule has 1 rings (SSSR count). The molecule has 0 saturated carbocycles. The van der Waals surface area contributed by atoms with Crippen LogP contribution >= 0.6 is 0 Å². The average Bonchev–Trinajstić information content (AvgIpc) is 2.65. The number of cyclic esters (lactones) is 1. The predicted molar refractivity (Wildman–Crippen MR) is 107 cm³/mol. The highest BCUT2D eigenvalue weighted by Gasteiger charge is 2.40. The average molecular weight is 458 g/mol. The summed E-state index contributed by atoms with van der Waals surface area (Å²) >= 11 is 0. The Bertz CT molecular complexity index is 729. The van der Waals surface area contributed by atoms with E-state index in [1.807, 2.05) is 0 Å². The number of hydrogen-bond donors (Lipinski definition) is 0. The van der Waals surface area contributed by atoms with Gasteiger partial charge in [0.1, 0.15) is 24.4 Å². The van der Waals surface area contributed by atoms with Gasteiger partial charge in [0, 0.05) is 41.2 Å². The number of esters is 5. The van der Waals surface area contributed by atoms with Crippen LogP contribution in [0.15, 0.2) is 12.2 Å². The fourth-order valence-electron chi connectivity index (χ4n) is 3.19. The molecule has 1 aliphatic rings. The van der Waals surface area contributed by atoms with Gasteiger partial charge in [0.25, 0.3) is 0 Å². The number of carbonyl (C=O) groups is 5. The summed E-state index contributed by atoms with van der Waals surface area (Å²) in [5.41, 5.74) is 0. The minimum absolute atomic E-state index is 0.0449. The van der Waals surface area contributed by atoms with Crippen molar-refractivity contribution in [1.82, 2.24) is 0 Å². The first-order valence-electron chi connectivity index (χ1n) is 10.0. The van der Waals surface area contributed by atoms with E-state index in [9.17, 15) is 24.0 Å². The summed E-state index contributed by atoms with van der Waals surface area (Å²) in [6.07, 6.45) is -2.62. The van der Waals surface area contributed by atoms with Gasteiger partial charge in [0.2, 0.25) is 0 Å². The lowest BCUT2D eigenvalue weighted by atomic mass is 9.99. The van der Waals surface area contributed by atoms with Gasteiger partial charge in [-0.05, 0) is 19.1 Å². The fraction of sp³-hybridized carbons (Fsp3) is 0.667. The summed E-state index contributed by atoms with van der Waals surface area (Å²) in [5, 5.41) is 0. The second kappa shape index (κ2) is 12.8. The van der Waals surface area contributed by atoms with E-state index in [2.05, 4.69) is 0 Å². The maximum atomic E-state index is 11.9. The van der Waals surface area contributed by atoms with Crippen molar-refractivity contribution in [3.8, 4) is 0 Å². The van der Waals surface area contributed by atoms with Gasteiger partial charge in [0.05, 0.1) is 6.42 Å². The minimum Gasteiger partial charge on any atom is -0.459 e. The predicted octanol–water partition coefficient (Wildman–Crippen LogP) is 1.01. The number of methoxy groups -OCH3 is 1. The van der Waals surface area contributed by atoms with Crippen molar-refractivity contribution in [1.29, 1.82) is 0 Å². The van der Waals surface area contributed by atoms with E-state index in [0.717, 1.165) is 0 Å². The number of ether oxygens (including phenoxy) is 6. The fourth-order valence-corrected chi connectivity index (χ4v) is 3.19. The summed E-state index contributed by atoms with van der Waals surface area (Å²) in [4.78, 5) is 57.8. The molecule has 1 heterocycles. The molecule has 0 aromatic heterocycles. The molecule has 11 nitrogen and oxygen atoms in total. The van der Waals surface area contributed by atoms with Crippen molar-refractivity contribution in [2.24, 2.45) is 0 Å². The Labute approximate surface area is 186 Å². The van der Waals surface area contributed by atoms with Crippen molar-refractivity contribution < 1.29 is 52.4 Å². The van der Waals surface area contributed by atoms with Gasteiger partial charge in [-0.15, -0.1) is 0 Å². The van der Waals surface area contributed by atoms with Crippen LogP contribution in [0.4, 0.5) is 0 Å². The van der Waals surface area contributed by atoms with E-state index in [1.54, 1.807) is 0 Å². The Morgan fingerprint density at radius 1 is 1.00 bits per heavy atom. The van der Waals surface area contributed by atoms with E-state index in [0.29, 0.717) is 0 Å². The molecule has 1 fully saturated rings. The minimum atomic E-state index is -0.999. The Balaban J connectivity index is 3.11. The van der Waals surface area contributed by atoms with Crippen LogP contribution in [0.1, 0.15) is 47.5 Å². The lowest BCUT2D eigenvalue weighted by Gasteiger charge is -2.34. The second-order valence-electron chi connectivity index (χ2n) is 7.24. The Morgan fingerprint density at radius 2 is 1.59 bits per heavy atom. The molecule has 0 aliphatic carbocycles. The molecule has 0 N–H and O–H groups in total.